The fraction of sp³-hybridized carbons (Fsp3) is 0.729. The maximum atomic E-state index is 12.5. The highest BCUT2D eigenvalue weighted by Crippen LogP contribution is 2.35. The number of H-pyrrole nitrogens is 1. The van der Waals surface area contributed by atoms with Crippen molar-refractivity contribution in [3.63, 3.8) is 0 Å². The Morgan fingerprint density at radius 2 is 1.16 bits per heavy atom. The third-order valence-electron chi connectivity index (χ3n) is 10.9. The van der Waals surface area contributed by atoms with Gasteiger partial charge in [0.05, 0.1) is 5.71 Å². The molecule has 0 saturated carbocycles. The van der Waals surface area contributed by atoms with Gasteiger partial charge < -0.3 is 14.3 Å². The Kier molecular flexibility index (Phi) is 29.9. The summed E-state index contributed by atoms with van der Waals surface area (Å²) in [5, 5.41) is 4.67. The third-order valence-corrected chi connectivity index (χ3v) is 10.9. The number of methoxy groups -OCH3 is 1. The number of ether oxygens (including phenoxy) is 2. The minimum atomic E-state index is -0.645. The fourth-order valence-corrected chi connectivity index (χ4v) is 7.28. The van der Waals surface area contributed by atoms with Gasteiger partial charge in [0.25, 0.3) is 5.56 Å². The van der Waals surface area contributed by atoms with Crippen LogP contribution in [0.2, 0.25) is 0 Å². The monoisotopic (exact) mass is 780 g/mol. The Bertz CT molecular complexity index is 1310. The quantitative estimate of drug-likeness (QED) is 0.0320. The van der Waals surface area contributed by atoms with Crippen molar-refractivity contribution in [3.8, 4) is 0 Å². The van der Waals surface area contributed by atoms with E-state index in [1.54, 1.807) is 7.11 Å². The molecule has 0 spiro atoms. The van der Waals surface area contributed by atoms with Crippen LogP contribution in [0.15, 0.2) is 75.6 Å². The van der Waals surface area contributed by atoms with Crippen LogP contribution < -0.4 is 11.2 Å². The van der Waals surface area contributed by atoms with Gasteiger partial charge in [0, 0.05) is 25.3 Å². The van der Waals surface area contributed by atoms with E-state index in [0.717, 1.165) is 44.2 Å². The SMILES string of the molecule is CCCCC/C=C\C/C=C\CCCCCCCCC(CCCCCCCC/C=C\C/C=C\CCCCC)=NOCC1OC(n2ccc(=O)[nH]c2=O)C(OC)C1C. The molecular weight excluding hydrogens is 699 g/mol. The number of unbranched alkanes of at least 4 members (excludes halogenated alkanes) is 18. The molecule has 0 amide bonds. The van der Waals surface area contributed by atoms with Crippen molar-refractivity contribution in [1.29, 1.82) is 0 Å². The first-order chi connectivity index (χ1) is 27.5. The van der Waals surface area contributed by atoms with Crippen LogP contribution in [0.1, 0.15) is 194 Å². The number of rotatable bonds is 35. The Labute approximate surface area is 341 Å². The molecule has 2 rings (SSSR count). The van der Waals surface area contributed by atoms with Gasteiger partial charge in [-0.1, -0.05) is 152 Å². The van der Waals surface area contributed by atoms with Crippen molar-refractivity contribution >= 4 is 5.71 Å². The van der Waals surface area contributed by atoms with E-state index in [4.69, 9.17) is 14.3 Å². The Morgan fingerprint density at radius 3 is 1.62 bits per heavy atom. The number of nitrogens with one attached hydrogen (secondary N) is 1. The molecule has 56 heavy (non-hydrogen) atoms. The van der Waals surface area contributed by atoms with Crippen molar-refractivity contribution in [2.45, 2.75) is 206 Å². The van der Waals surface area contributed by atoms with E-state index in [1.807, 2.05) is 6.92 Å². The first-order valence-electron chi connectivity index (χ1n) is 22.8. The molecule has 0 bridgehead atoms. The van der Waals surface area contributed by atoms with Gasteiger partial charge in [0.15, 0.2) is 6.23 Å². The third kappa shape index (κ3) is 23.3. The van der Waals surface area contributed by atoms with Crippen molar-refractivity contribution in [2.24, 2.45) is 11.1 Å². The summed E-state index contributed by atoms with van der Waals surface area (Å²) in [5.41, 5.74) is 0.189. The van der Waals surface area contributed by atoms with Crippen molar-refractivity contribution < 1.29 is 14.3 Å². The zero-order chi connectivity index (χ0) is 40.3. The molecule has 1 aromatic rings. The van der Waals surface area contributed by atoms with Crippen LogP contribution in [0.25, 0.3) is 0 Å². The topological polar surface area (TPSA) is 94.9 Å². The first kappa shape index (κ1) is 49.2. The molecule has 8 heteroatoms. The molecule has 4 unspecified atom stereocenters. The smallest absolute Gasteiger partial charge is 0.330 e. The maximum absolute atomic E-state index is 12.5. The van der Waals surface area contributed by atoms with Crippen LogP contribution in [-0.4, -0.2) is 41.2 Å². The highest BCUT2D eigenvalue weighted by molar-refractivity contribution is 5.83. The molecule has 1 aliphatic heterocycles. The van der Waals surface area contributed by atoms with E-state index >= 15 is 0 Å². The molecule has 4 atom stereocenters. The zero-order valence-electron chi connectivity index (χ0n) is 36.1. The second-order valence-corrected chi connectivity index (χ2v) is 15.8. The number of oxime groups is 1. The fourth-order valence-electron chi connectivity index (χ4n) is 7.28. The van der Waals surface area contributed by atoms with Gasteiger partial charge in [-0.3, -0.25) is 14.3 Å². The average Bonchev–Trinajstić information content (AvgIpc) is 3.51. The molecule has 1 aromatic heterocycles. The van der Waals surface area contributed by atoms with Crippen LogP contribution >= 0.6 is 0 Å². The lowest BCUT2D eigenvalue weighted by molar-refractivity contribution is -0.0710. The van der Waals surface area contributed by atoms with Gasteiger partial charge in [-0.2, -0.15) is 0 Å². The summed E-state index contributed by atoms with van der Waals surface area (Å²) in [6.45, 7) is 6.83. The molecule has 1 N–H and O–H groups in total. The largest absolute Gasteiger partial charge is 0.393 e. The molecule has 0 aliphatic carbocycles. The van der Waals surface area contributed by atoms with E-state index in [1.165, 1.54) is 145 Å². The van der Waals surface area contributed by atoms with Gasteiger partial charge in [0.1, 0.15) is 18.8 Å². The predicted molar refractivity (Wildman–Crippen MR) is 237 cm³/mol. The molecule has 2 heterocycles. The van der Waals surface area contributed by atoms with E-state index < -0.39 is 17.5 Å². The first-order valence-corrected chi connectivity index (χ1v) is 22.8. The number of hydrogen-bond acceptors (Lipinski definition) is 6. The Morgan fingerprint density at radius 1 is 0.696 bits per heavy atom. The maximum Gasteiger partial charge on any atom is 0.330 e. The van der Waals surface area contributed by atoms with Gasteiger partial charge in [-0.15, -0.1) is 0 Å². The predicted octanol–water partition coefficient (Wildman–Crippen LogP) is 12.9. The summed E-state index contributed by atoms with van der Waals surface area (Å²) < 4.78 is 13.4. The molecule has 318 valence electrons. The van der Waals surface area contributed by atoms with Gasteiger partial charge in [-0.25, -0.2) is 4.79 Å². The Hall–Kier alpha value is -2.97. The number of aromatic amines is 1. The molecule has 1 saturated heterocycles. The van der Waals surface area contributed by atoms with Crippen molar-refractivity contribution in [3.05, 3.63) is 81.7 Å². The summed E-state index contributed by atoms with van der Waals surface area (Å²) in [4.78, 5) is 32.4. The van der Waals surface area contributed by atoms with Crippen LogP contribution in [0.4, 0.5) is 0 Å². The average molecular weight is 780 g/mol. The standard InChI is InChI=1S/C48H81N3O5/c1-5-7-9-11-13-15-17-19-21-23-25-27-29-31-33-35-37-43(38-36-34-32-30-28-26-24-22-20-18-16-14-12-10-8-6-2)50-55-41-44-42(3)46(54-4)47(56-44)51-40-39-45(52)49-48(51)53/h13-16,19-22,39-40,42,44,46-47H,5-12,17-18,23-38,41H2,1-4H3,(H,49,52,53)/b15-13-,16-14-,21-19-,22-20-. The summed E-state index contributed by atoms with van der Waals surface area (Å²) in [7, 11) is 1.62. The molecule has 0 radical (unpaired) electrons. The minimum Gasteiger partial charge on any atom is -0.393 e. The number of hydrogen-bond donors (Lipinski definition) is 1. The van der Waals surface area contributed by atoms with E-state index in [-0.39, 0.29) is 24.7 Å². The summed E-state index contributed by atoms with van der Waals surface area (Å²) >= 11 is 0. The molecule has 1 fully saturated rings. The Balaban J connectivity index is 1.73. The summed E-state index contributed by atoms with van der Waals surface area (Å²) in [6.07, 6.45) is 50.4. The minimum absolute atomic E-state index is 0.0252. The summed E-state index contributed by atoms with van der Waals surface area (Å²) in [6, 6.07) is 1.32. The highest BCUT2D eigenvalue weighted by Gasteiger charge is 2.44. The van der Waals surface area contributed by atoms with Crippen LogP contribution in [0.5, 0.6) is 0 Å². The van der Waals surface area contributed by atoms with Gasteiger partial charge >= 0.3 is 5.69 Å². The summed E-state index contributed by atoms with van der Waals surface area (Å²) in [5.74, 6) is -0.0252. The van der Waals surface area contributed by atoms with Crippen molar-refractivity contribution in [2.75, 3.05) is 13.7 Å². The number of aromatic nitrogens is 2. The highest BCUT2D eigenvalue weighted by atomic mass is 16.6. The van der Waals surface area contributed by atoms with Crippen LogP contribution in [-0.2, 0) is 14.3 Å². The molecule has 8 nitrogen and oxygen atoms in total. The van der Waals surface area contributed by atoms with Gasteiger partial charge in [0.2, 0.25) is 0 Å². The van der Waals surface area contributed by atoms with E-state index in [2.05, 4.69) is 72.6 Å². The lowest BCUT2D eigenvalue weighted by Crippen LogP contribution is -2.36. The second kappa shape index (κ2) is 34.1. The van der Waals surface area contributed by atoms with Crippen molar-refractivity contribution in [1.82, 2.24) is 9.55 Å². The number of allylic oxidation sites excluding steroid dienone is 8. The second-order valence-electron chi connectivity index (χ2n) is 15.8. The van der Waals surface area contributed by atoms with E-state index in [9.17, 15) is 9.59 Å². The normalized spacial score (nSPS) is 18.7. The van der Waals surface area contributed by atoms with Gasteiger partial charge in [-0.05, 0) is 89.9 Å². The number of nitrogens with zero attached hydrogens (tertiary/aromatic N) is 2. The van der Waals surface area contributed by atoms with Crippen LogP contribution in [0, 0.1) is 5.92 Å². The lowest BCUT2D eigenvalue weighted by Gasteiger charge is -2.20. The molecule has 0 aromatic carbocycles. The lowest BCUT2D eigenvalue weighted by atomic mass is 10.0. The molecule has 1 aliphatic rings. The van der Waals surface area contributed by atoms with E-state index in [0.29, 0.717) is 0 Å². The van der Waals surface area contributed by atoms with Crippen LogP contribution in [0.3, 0.4) is 0 Å². The zero-order valence-corrected chi connectivity index (χ0v) is 36.1. The molecular formula is C48H81N3O5.